The van der Waals surface area contributed by atoms with Crippen LogP contribution in [0.4, 0.5) is 0 Å². The molecule has 5 nitrogen and oxygen atoms in total. The van der Waals surface area contributed by atoms with Crippen molar-refractivity contribution < 1.29 is 23.4 Å². The lowest BCUT2D eigenvalue weighted by Gasteiger charge is -2.12. The Balaban J connectivity index is 1.45. The largest absolute Gasteiger partial charge is 0.489 e. The van der Waals surface area contributed by atoms with Gasteiger partial charge in [-0.25, -0.2) is 0 Å². The maximum atomic E-state index is 11.3. The second-order valence-corrected chi connectivity index (χ2v) is 8.15. The van der Waals surface area contributed by atoms with Crippen molar-refractivity contribution in [2.45, 2.75) is 20.1 Å². The van der Waals surface area contributed by atoms with E-state index in [1.54, 1.807) is 12.1 Å². The van der Waals surface area contributed by atoms with Crippen LogP contribution in [-0.2, 0) is 18.0 Å². The van der Waals surface area contributed by atoms with Gasteiger partial charge in [0.05, 0.1) is 0 Å². The van der Waals surface area contributed by atoms with Gasteiger partial charge in [0.1, 0.15) is 41.8 Å². The number of carbonyl (C=O) groups is 1. The second kappa shape index (κ2) is 10.2. The zero-order chi connectivity index (χ0) is 24.0. The summed E-state index contributed by atoms with van der Waals surface area (Å²) in [6, 6.07) is 33.0. The predicted molar refractivity (Wildman–Crippen MR) is 135 cm³/mol. The maximum Gasteiger partial charge on any atom is 0.308 e. The minimum Gasteiger partial charge on any atom is -0.489 e. The molecule has 0 saturated heterocycles. The van der Waals surface area contributed by atoms with E-state index in [0.717, 1.165) is 22.1 Å². The van der Waals surface area contributed by atoms with Gasteiger partial charge in [0.15, 0.2) is 0 Å². The Kier molecular flexibility index (Phi) is 6.48. The summed E-state index contributed by atoms with van der Waals surface area (Å²) in [6.45, 7) is 2.25. The fourth-order valence-electron chi connectivity index (χ4n) is 3.75. The fourth-order valence-corrected chi connectivity index (χ4v) is 3.75. The van der Waals surface area contributed by atoms with Crippen molar-refractivity contribution >= 4 is 16.9 Å². The van der Waals surface area contributed by atoms with Crippen LogP contribution < -0.4 is 14.2 Å². The Bertz CT molecular complexity index is 1380. The first-order valence-electron chi connectivity index (χ1n) is 11.3. The number of hydrogen-bond acceptors (Lipinski definition) is 5. The monoisotopic (exact) mass is 464 g/mol. The van der Waals surface area contributed by atoms with Crippen molar-refractivity contribution in [1.29, 1.82) is 0 Å². The summed E-state index contributed by atoms with van der Waals surface area (Å²) in [7, 11) is 0. The molecule has 5 aromatic rings. The molecule has 0 saturated carbocycles. The number of esters is 1. The Morgan fingerprint density at radius 1 is 0.686 bits per heavy atom. The van der Waals surface area contributed by atoms with Crippen molar-refractivity contribution in [2.75, 3.05) is 0 Å². The third-order valence-corrected chi connectivity index (χ3v) is 5.41. The third-order valence-electron chi connectivity index (χ3n) is 5.41. The van der Waals surface area contributed by atoms with Gasteiger partial charge in [-0.05, 0) is 41.5 Å². The lowest BCUT2D eigenvalue weighted by atomic mass is 10.1. The summed E-state index contributed by atoms with van der Waals surface area (Å²) >= 11 is 0. The molecule has 0 amide bonds. The van der Waals surface area contributed by atoms with Crippen molar-refractivity contribution in [3.8, 4) is 28.6 Å². The van der Waals surface area contributed by atoms with Crippen LogP contribution in [0.15, 0.2) is 108 Å². The molecule has 5 heteroatoms. The van der Waals surface area contributed by atoms with E-state index >= 15 is 0 Å². The van der Waals surface area contributed by atoms with Crippen LogP contribution in [0.1, 0.15) is 18.1 Å². The molecule has 0 aliphatic heterocycles. The number of hydrogen-bond donors (Lipinski definition) is 0. The van der Waals surface area contributed by atoms with Gasteiger partial charge in [0.25, 0.3) is 0 Å². The van der Waals surface area contributed by atoms with Crippen LogP contribution in [0.2, 0.25) is 0 Å². The molecule has 174 valence electrons. The average Bonchev–Trinajstić information content (AvgIpc) is 3.31. The van der Waals surface area contributed by atoms with Crippen LogP contribution in [-0.4, -0.2) is 5.97 Å². The van der Waals surface area contributed by atoms with Gasteiger partial charge in [-0.3, -0.25) is 4.79 Å². The van der Waals surface area contributed by atoms with Crippen LogP contribution in [0.3, 0.4) is 0 Å². The van der Waals surface area contributed by atoms with Crippen LogP contribution in [0, 0.1) is 0 Å². The number of benzene rings is 4. The molecule has 5 rings (SSSR count). The van der Waals surface area contributed by atoms with Crippen LogP contribution >= 0.6 is 0 Å². The fraction of sp³-hybridized carbons (Fsp3) is 0.100. The molecule has 0 bridgehead atoms. The Labute approximate surface area is 203 Å². The number of ether oxygens (including phenoxy) is 3. The molecule has 4 aromatic carbocycles. The quantitative estimate of drug-likeness (QED) is 0.180. The molecule has 0 aliphatic carbocycles. The molecule has 0 radical (unpaired) electrons. The van der Waals surface area contributed by atoms with Gasteiger partial charge in [0, 0.05) is 30.0 Å². The van der Waals surface area contributed by atoms with Crippen molar-refractivity contribution in [2.24, 2.45) is 0 Å². The van der Waals surface area contributed by atoms with Crippen molar-refractivity contribution in [3.05, 3.63) is 114 Å². The highest BCUT2D eigenvalue weighted by Gasteiger charge is 2.12. The SMILES string of the molecule is CC(=O)Oc1ccc2cc(-c3cc(OCc4ccccc4)cc(OCc4ccccc4)c3)oc2c1. The normalized spacial score (nSPS) is 10.8. The first kappa shape index (κ1) is 22.3. The second-order valence-electron chi connectivity index (χ2n) is 8.15. The van der Waals surface area contributed by atoms with E-state index in [1.807, 2.05) is 91.0 Å². The molecule has 0 spiro atoms. The summed E-state index contributed by atoms with van der Waals surface area (Å²) < 4.78 is 23.5. The summed E-state index contributed by atoms with van der Waals surface area (Å²) in [5.41, 5.74) is 3.60. The predicted octanol–water partition coefficient (Wildman–Crippen LogP) is 7.18. The highest BCUT2D eigenvalue weighted by Crippen LogP contribution is 2.35. The number of rotatable bonds is 8. The lowest BCUT2D eigenvalue weighted by Crippen LogP contribution is -2.00. The lowest BCUT2D eigenvalue weighted by molar-refractivity contribution is -0.131. The first-order valence-corrected chi connectivity index (χ1v) is 11.3. The van der Waals surface area contributed by atoms with E-state index in [4.69, 9.17) is 18.6 Å². The van der Waals surface area contributed by atoms with Gasteiger partial charge < -0.3 is 18.6 Å². The Morgan fingerprint density at radius 3 is 1.86 bits per heavy atom. The zero-order valence-electron chi connectivity index (χ0n) is 19.3. The molecule has 0 atom stereocenters. The number of carbonyl (C=O) groups excluding carboxylic acids is 1. The van der Waals surface area contributed by atoms with E-state index in [1.165, 1.54) is 6.92 Å². The van der Waals surface area contributed by atoms with E-state index < -0.39 is 0 Å². The van der Waals surface area contributed by atoms with Gasteiger partial charge >= 0.3 is 5.97 Å². The Hall–Kier alpha value is -4.51. The summed E-state index contributed by atoms with van der Waals surface area (Å²) in [5.74, 6) is 2.08. The highest BCUT2D eigenvalue weighted by molar-refractivity contribution is 5.85. The van der Waals surface area contributed by atoms with Crippen LogP contribution in [0.25, 0.3) is 22.3 Å². The minimum atomic E-state index is -0.375. The van der Waals surface area contributed by atoms with E-state index in [2.05, 4.69) is 0 Å². The van der Waals surface area contributed by atoms with Crippen molar-refractivity contribution in [3.63, 3.8) is 0 Å². The summed E-state index contributed by atoms with van der Waals surface area (Å²) in [4.78, 5) is 11.3. The molecule has 1 aromatic heterocycles. The molecule has 35 heavy (non-hydrogen) atoms. The number of furan rings is 1. The van der Waals surface area contributed by atoms with Crippen molar-refractivity contribution in [1.82, 2.24) is 0 Å². The highest BCUT2D eigenvalue weighted by atomic mass is 16.5. The molecular formula is C30H24O5. The topological polar surface area (TPSA) is 57.9 Å². The summed E-state index contributed by atoms with van der Waals surface area (Å²) in [6.07, 6.45) is 0. The molecule has 0 N–H and O–H groups in total. The minimum absolute atomic E-state index is 0.375. The Morgan fingerprint density at radius 2 is 1.29 bits per heavy atom. The molecular weight excluding hydrogens is 440 g/mol. The van der Waals surface area contributed by atoms with Gasteiger partial charge in [-0.2, -0.15) is 0 Å². The zero-order valence-corrected chi connectivity index (χ0v) is 19.3. The number of fused-ring (bicyclic) bond motifs is 1. The summed E-state index contributed by atoms with van der Waals surface area (Å²) in [5, 5.41) is 0.901. The van der Waals surface area contributed by atoms with Gasteiger partial charge in [-0.15, -0.1) is 0 Å². The molecule has 0 fully saturated rings. The molecule has 1 heterocycles. The molecule has 0 aliphatic rings. The van der Waals surface area contributed by atoms with E-state index in [9.17, 15) is 4.79 Å². The van der Waals surface area contributed by atoms with Crippen LogP contribution in [0.5, 0.6) is 17.2 Å². The molecule has 0 unspecified atom stereocenters. The van der Waals surface area contributed by atoms with E-state index in [0.29, 0.717) is 41.8 Å². The standard InChI is InChI=1S/C30H24O5/c1-21(31)34-26-13-12-24-16-29(35-30(24)18-26)25-14-27(32-19-22-8-4-2-5-9-22)17-28(15-25)33-20-23-10-6-3-7-11-23/h2-18H,19-20H2,1H3. The maximum absolute atomic E-state index is 11.3. The van der Waals surface area contributed by atoms with Gasteiger partial charge in [-0.1, -0.05) is 60.7 Å². The van der Waals surface area contributed by atoms with E-state index in [-0.39, 0.29) is 5.97 Å². The average molecular weight is 465 g/mol. The van der Waals surface area contributed by atoms with Gasteiger partial charge in [0.2, 0.25) is 0 Å². The first-order chi connectivity index (χ1) is 17.1. The smallest absolute Gasteiger partial charge is 0.308 e. The third kappa shape index (κ3) is 5.71.